The van der Waals surface area contributed by atoms with Gasteiger partial charge in [-0.3, -0.25) is 9.59 Å². The van der Waals surface area contributed by atoms with Crippen molar-refractivity contribution < 1.29 is 14.3 Å². The van der Waals surface area contributed by atoms with Crippen LogP contribution in [0.3, 0.4) is 0 Å². The lowest BCUT2D eigenvalue weighted by molar-refractivity contribution is -0.126. The van der Waals surface area contributed by atoms with Gasteiger partial charge in [-0.05, 0) is 36.3 Å². The van der Waals surface area contributed by atoms with Gasteiger partial charge in [-0.1, -0.05) is 45.7 Å². The highest BCUT2D eigenvalue weighted by Crippen LogP contribution is 2.38. The van der Waals surface area contributed by atoms with E-state index in [0.717, 1.165) is 24.3 Å². The third kappa shape index (κ3) is 4.82. The monoisotopic (exact) mass is 372 g/mol. The highest BCUT2D eigenvalue weighted by atomic mass is 16.5. The summed E-state index contributed by atoms with van der Waals surface area (Å²) in [6, 6.07) is 7.79. The van der Waals surface area contributed by atoms with E-state index < -0.39 is 0 Å². The topological polar surface area (TPSA) is 58.6 Å². The van der Waals surface area contributed by atoms with Crippen LogP contribution in [0.5, 0.6) is 5.75 Å². The van der Waals surface area contributed by atoms with Crippen molar-refractivity contribution in [3.8, 4) is 5.75 Å². The number of nitrogens with zero attached hydrogens (tertiary/aromatic N) is 1. The highest BCUT2D eigenvalue weighted by Gasteiger charge is 2.35. The Kier molecular flexibility index (Phi) is 6.08. The first-order valence-electron chi connectivity index (χ1n) is 10.2. The van der Waals surface area contributed by atoms with Crippen LogP contribution in [0, 0.1) is 11.3 Å². The molecule has 2 aliphatic rings. The normalized spacial score (nSPS) is 22.6. The number of anilines is 1. The van der Waals surface area contributed by atoms with Gasteiger partial charge in [-0.2, -0.15) is 0 Å². The molecule has 0 radical (unpaired) electrons. The summed E-state index contributed by atoms with van der Waals surface area (Å²) in [5.41, 5.74) is 0.986. The Morgan fingerprint density at radius 3 is 2.67 bits per heavy atom. The lowest BCUT2D eigenvalue weighted by Crippen LogP contribution is -2.47. The third-order valence-corrected chi connectivity index (χ3v) is 5.82. The summed E-state index contributed by atoms with van der Waals surface area (Å²) in [5.74, 6) is 1.21. The average Bonchev–Trinajstić information content (AvgIpc) is 2.65. The van der Waals surface area contributed by atoms with Gasteiger partial charge < -0.3 is 15.0 Å². The van der Waals surface area contributed by atoms with E-state index in [1.165, 1.54) is 12.8 Å². The number of benzene rings is 1. The molecule has 5 heteroatoms. The number of nitrogens with one attached hydrogen (secondary N) is 1. The number of amides is 2. The second-order valence-corrected chi connectivity index (χ2v) is 8.79. The van der Waals surface area contributed by atoms with E-state index in [1.807, 2.05) is 24.3 Å². The molecule has 1 N–H and O–H groups in total. The molecular formula is C22H32N2O3. The molecular weight excluding hydrogens is 340 g/mol. The number of rotatable bonds is 4. The Morgan fingerprint density at radius 2 is 1.89 bits per heavy atom. The van der Waals surface area contributed by atoms with E-state index in [-0.39, 0.29) is 36.1 Å². The quantitative estimate of drug-likeness (QED) is 0.872. The number of fused-ring (bicyclic) bond motifs is 1. The molecule has 0 spiro atoms. The number of carbonyl (C=O) groups excluding carboxylic acids is 2. The Hall–Kier alpha value is -2.04. The molecule has 1 aliphatic carbocycles. The lowest BCUT2D eigenvalue weighted by Gasteiger charge is -2.40. The second kappa shape index (κ2) is 8.32. The zero-order valence-electron chi connectivity index (χ0n) is 16.8. The fourth-order valence-electron chi connectivity index (χ4n) is 4.40. The van der Waals surface area contributed by atoms with Crippen molar-refractivity contribution in [2.24, 2.45) is 11.3 Å². The SMILES string of the molecule is CC(C)(C)C1CCCCC1NC(=O)CCC(=O)N1CCOc2ccccc21. The van der Waals surface area contributed by atoms with E-state index in [0.29, 0.717) is 19.1 Å². The third-order valence-electron chi connectivity index (χ3n) is 5.82. The van der Waals surface area contributed by atoms with Gasteiger partial charge in [0, 0.05) is 18.9 Å². The summed E-state index contributed by atoms with van der Waals surface area (Å²) in [5, 5.41) is 3.22. The summed E-state index contributed by atoms with van der Waals surface area (Å²) in [4.78, 5) is 26.9. The molecule has 1 aromatic carbocycles. The predicted octanol–water partition coefficient (Wildman–Crippen LogP) is 3.91. The van der Waals surface area contributed by atoms with Gasteiger partial charge >= 0.3 is 0 Å². The fraction of sp³-hybridized carbons (Fsp3) is 0.636. The minimum atomic E-state index is -0.0167. The van der Waals surface area contributed by atoms with Crippen molar-refractivity contribution in [1.29, 1.82) is 0 Å². The molecule has 2 amide bonds. The van der Waals surface area contributed by atoms with Crippen LogP contribution in [0.25, 0.3) is 0 Å². The zero-order chi connectivity index (χ0) is 19.4. The molecule has 1 saturated carbocycles. The van der Waals surface area contributed by atoms with Crippen LogP contribution in [0.15, 0.2) is 24.3 Å². The van der Waals surface area contributed by atoms with Gasteiger partial charge in [0.1, 0.15) is 12.4 Å². The largest absolute Gasteiger partial charge is 0.490 e. The van der Waals surface area contributed by atoms with Gasteiger partial charge in [0.2, 0.25) is 11.8 Å². The van der Waals surface area contributed by atoms with Gasteiger partial charge in [-0.15, -0.1) is 0 Å². The molecule has 148 valence electrons. The molecule has 2 unspecified atom stereocenters. The van der Waals surface area contributed by atoms with Crippen molar-refractivity contribution in [1.82, 2.24) is 5.32 Å². The average molecular weight is 373 g/mol. The van der Waals surface area contributed by atoms with E-state index in [2.05, 4.69) is 26.1 Å². The van der Waals surface area contributed by atoms with Crippen molar-refractivity contribution in [3.63, 3.8) is 0 Å². The van der Waals surface area contributed by atoms with Crippen molar-refractivity contribution >= 4 is 17.5 Å². The molecule has 0 bridgehead atoms. The van der Waals surface area contributed by atoms with Gasteiger partial charge in [0.05, 0.1) is 12.2 Å². The summed E-state index contributed by atoms with van der Waals surface area (Å²) in [6.07, 6.45) is 5.08. The number of para-hydroxylation sites is 2. The van der Waals surface area contributed by atoms with Crippen LogP contribution < -0.4 is 15.0 Å². The van der Waals surface area contributed by atoms with Gasteiger partial charge in [-0.25, -0.2) is 0 Å². The minimum Gasteiger partial charge on any atom is -0.490 e. The number of hydrogen-bond donors (Lipinski definition) is 1. The standard InChI is InChI=1S/C22H32N2O3/c1-22(2,3)16-8-4-5-9-17(16)23-20(25)12-13-21(26)24-14-15-27-19-11-7-6-10-18(19)24/h6-7,10-11,16-17H,4-5,8-9,12-15H2,1-3H3,(H,23,25). The van der Waals surface area contributed by atoms with Crippen LogP contribution in [-0.4, -0.2) is 31.0 Å². The molecule has 2 atom stereocenters. The summed E-state index contributed by atoms with van der Waals surface area (Å²) in [6.45, 7) is 7.78. The molecule has 1 aliphatic heterocycles. The first-order valence-corrected chi connectivity index (χ1v) is 10.2. The summed E-state index contributed by atoms with van der Waals surface area (Å²) >= 11 is 0. The first kappa shape index (κ1) is 19.7. The van der Waals surface area contributed by atoms with Crippen LogP contribution in [0.2, 0.25) is 0 Å². The molecule has 3 rings (SSSR count). The molecule has 0 aromatic heterocycles. The maximum atomic E-state index is 12.7. The van der Waals surface area contributed by atoms with Gasteiger partial charge in [0.15, 0.2) is 0 Å². The molecule has 1 fully saturated rings. The maximum Gasteiger partial charge on any atom is 0.227 e. The number of carbonyl (C=O) groups is 2. The van der Waals surface area contributed by atoms with Crippen LogP contribution in [0.1, 0.15) is 59.3 Å². The van der Waals surface area contributed by atoms with Crippen molar-refractivity contribution in [2.45, 2.75) is 65.3 Å². The summed E-state index contributed by atoms with van der Waals surface area (Å²) in [7, 11) is 0. The van der Waals surface area contributed by atoms with Crippen LogP contribution in [0.4, 0.5) is 5.69 Å². The Morgan fingerprint density at radius 1 is 1.15 bits per heavy atom. The summed E-state index contributed by atoms with van der Waals surface area (Å²) < 4.78 is 5.60. The molecule has 0 saturated heterocycles. The molecule has 1 heterocycles. The van der Waals surface area contributed by atoms with Crippen LogP contribution >= 0.6 is 0 Å². The van der Waals surface area contributed by atoms with E-state index in [1.54, 1.807) is 4.90 Å². The smallest absolute Gasteiger partial charge is 0.227 e. The fourth-order valence-corrected chi connectivity index (χ4v) is 4.40. The van der Waals surface area contributed by atoms with Crippen LogP contribution in [-0.2, 0) is 9.59 Å². The second-order valence-electron chi connectivity index (χ2n) is 8.79. The first-order chi connectivity index (χ1) is 12.9. The molecule has 5 nitrogen and oxygen atoms in total. The van der Waals surface area contributed by atoms with E-state index >= 15 is 0 Å². The van der Waals surface area contributed by atoms with Crippen molar-refractivity contribution in [2.75, 3.05) is 18.1 Å². The zero-order valence-corrected chi connectivity index (χ0v) is 16.8. The Labute approximate surface area is 162 Å². The van der Waals surface area contributed by atoms with E-state index in [9.17, 15) is 9.59 Å². The van der Waals surface area contributed by atoms with E-state index in [4.69, 9.17) is 4.74 Å². The Balaban J connectivity index is 1.54. The predicted molar refractivity (Wildman–Crippen MR) is 107 cm³/mol. The molecule has 1 aromatic rings. The van der Waals surface area contributed by atoms with Gasteiger partial charge in [0.25, 0.3) is 0 Å². The van der Waals surface area contributed by atoms with Crippen molar-refractivity contribution in [3.05, 3.63) is 24.3 Å². The number of hydrogen-bond acceptors (Lipinski definition) is 3. The maximum absolute atomic E-state index is 12.7. The number of ether oxygens (including phenoxy) is 1. The highest BCUT2D eigenvalue weighted by molar-refractivity contribution is 5.97. The lowest BCUT2D eigenvalue weighted by atomic mass is 9.69. The molecule has 27 heavy (non-hydrogen) atoms. The Bertz CT molecular complexity index is 680. The minimum absolute atomic E-state index is 0.00829.